The van der Waals surface area contributed by atoms with Crippen molar-refractivity contribution in [3.05, 3.63) is 0 Å². The lowest BCUT2D eigenvalue weighted by Gasteiger charge is -2.11. The van der Waals surface area contributed by atoms with E-state index < -0.39 is 18.2 Å². The van der Waals surface area contributed by atoms with Crippen LogP contribution in [0.1, 0.15) is 13.8 Å². The molecule has 0 saturated carbocycles. The van der Waals surface area contributed by atoms with Crippen LogP contribution in [0.2, 0.25) is 0 Å². The van der Waals surface area contributed by atoms with Crippen LogP contribution in [-0.4, -0.2) is 36.4 Å². The van der Waals surface area contributed by atoms with E-state index in [1.807, 2.05) is 13.8 Å². The minimum atomic E-state index is -5.08. The Hall–Kier alpha value is -1.31. The Labute approximate surface area is 90.4 Å². The maximum atomic E-state index is 10.6. The number of carboxylic acid groups (broad SMARTS) is 1. The Kier molecular flexibility index (Phi) is 7.53. The summed E-state index contributed by atoms with van der Waals surface area (Å²) in [4.78, 5) is 19.5. The molecule has 96 valence electrons. The molecular formula is C8H14F3NO4. The normalized spacial score (nSPS) is 12.5. The summed E-state index contributed by atoms with van der Waals surface area (Å²) >= 11 is 0. The number of hydrogen-bond acceptors (Lipinski definition) is 4. The second-order valence-electron chi connectivity index (χ2n) is 3.10. The molecule has 0 aromatic heterocycles. The number of carbonyl (C=O) groups excluding carboxylic acids is 1. The predicted molar refractivity (Wildman–Crippen MR) is 48.5 cm³/mol. The fourth-order valence-electron chi connectivity index (χ4n) is 0.408. The number of carbonyl (C=O) groups is 2. The van der Waals surface area contributed by atoms with Crippen molar-refractivity contribution in [1.82, 2.24) is 0 Å². The maximum absolute atomic E-state index is 10.6. The minimum absolute atomic E-state index is 0.150. The number of aliphatic carboxylic acids is 1. The number of nitrogens with two attached hydrogens (primary N) is 1. The molecule has 8 heteroatoms. The number of esters is 1. The Morgan fingerprint density at radius 1 is 1.31 bits per heavy atom. The largest absolute Gasteiger partial charge is 0.490 e. The number of alkyl halides is 3. The minimum Gasteiger partial charge on any atom is -0.475 e. The Morgan fingerprint density at radius 2 is 1.62 bits per heavy atom. The SMILES string of the molecule is COC(=O)[C@H](N)C(C)C.O=C(O)C(F)(F)F. The second-order valence-corrected chi connectivity index (χ2v) is 3.10. The van der Waals surface area contributed by atoms with Gasteiger partial charge in [-0.05, 0) is 5.92 Å². The fourth-order valence-corrected chi connectivity index (χ4v) is 0.408. The molecule has 5 nitrogen and oxygen atoms in total. The number of hydrogen-bond donors (Lipinski definition) is 2. The van der Waals surface area contributed by atoms with Crippen LogP contribution in [0.5, 0.6) is 0 Å². The van der Waals surface area contributed by atoms with Crippen LogP contribution in [0, 0.1) is 5.92 Å². The summed E-state index contributed by atoms with van der Waals surface area (Å²) in [6, 6.07) is -0.477. The average Bonchev–Trinajstić information content (AvgIpc) is 2.14. The quantitative estimate of drug-likeness (QED) is 0.701. The first-order valence-electron chi connectivity index (χ1n) is 4.17. The Bertz CT molecular complexity index is 240. The van der Waals surface area contributed by atoms with Gasteiger partial charge < -0.3 is 15.6 Å². The molecule has 1 atom stereocenters. The molecule has 3 N–H and O–H groups in total. The summed E-state index contributed by atoms with van der Waals surface area (Å²) < 4.78 is 36.1. The van der Waals surface area contributed by atoms with Crippen molar-refractivity contribution in [3.8, 4) is 0 Å². The molecule has 0 radical (unpaired) electrons. The van der Waals surface area contributed by atoms with Gasteiger partial charge in [-0.3, -0.25) is 4.79 Å². The molecule has 0 heterocycles. The molecule has 0 amide bonds. The summed E-state index contributed by atoms with van der Waals surface area (Å²) in [6.07, 6.45) is -5.08. The molecule has 0 saturated heterocycles. The van der Waals surface area contributed by atoms with Gasteiger partial charge in [0.1, 0.15) is 6.04 Å². The van der Waals surface area contributed by atoms with E-state index in [9.17, 15) is 18.0 Å². The third-order valence-electron chi connectivity index (χ3n) is 1.43. The van der Waals surface area contributed by atoms with E-state index in [0.717, 1.165) is 0 Å². The molecule has 0 aromatic rings. The second kappa shape index (κ2) is 7.04. The lowest BCUT2D eigenvalue weighted by molar-refractivity contribution is -0.192. The zero-order valence-corrected chi connectivity index (χ0v) is 9.04. The van der Waals surface area contributed by atoms with Crippen LogP contribution in [0.25, 0.3) is 0 Å². The zero-order chi connectivity index (χ0) is 13.5. The third kappa shape index (κ3) is 8.04. The molecule has 0 unspecified atom stereocenters. The molecule has 0 aliphatic rings. The van der Waals surface area contributed by atoms with Gasteiger partial charge in [0.15, 0.2) is 0 Å². The van der Waals surface area contributed by atoms with Crippen molar-refractivity contribution < 1.29 is 32.6 Å². The van der Waals surface area contributed by atoms with Gasteiger partial charge in [0, 0.05) is 0 Å². The molecular weight excluding hydrogens is 231 g/mol. The Balaban J connectivity index is 0. The van der Waals surface area contributed by atoms with E-state index in [1.165, 1.54) is 7.11 Å². The zero-order valence-electron chi connectivity index (χ0n) is 9.04. The van der Waals surface area contributed by atoms with Crippen molar-refractivity contribution >= 4 is 11.9 Å². The molecule has 0 aromatic carbocycles. The van der Waals surface area contributed by atoms with E-state index in [2.05, 4.69) is 4.74 Å². The lowest BCUT2D eigenvalue weighted by Crippen LogP contribution is -2.36. The number of ether oxygens (including phenoxy) is 1. The van der Waals surface area contributed by atoms with Crippen molar-refractivity contribution in [2.45, 2.75) is 26.1 Å². The van der Waals surface area contributed by atoms with E-state index in [1.54, 1.807) is 0 Å². The van der Waals surface area contributed by atoms with Gasteiger partial charge in [-0.2, -0.15) is 13.2 Å². The maximum Gasteiger partial charge on any atom is 0.490 e. The first-order valence-corrected chi connectivity index (χ1v) is 4.17. The number of carboxylic acids is 1. The van der Waals surface area contributed by atoms with Crippen molar-refractivity contribution in [2.75, 3.05) is 7.11 Å². The predicted octanol–water partition coefficient (Wildman–Crippen LogP) is 0.776. The van der Waals surface area contributed by atoms with Gasteiger partial charge in [0.25, 0.3) is 0 Å². The fraction of sp³-hybridized carbons (Fsp3) is 0.750. The number of methoxy groups -OCH3 is 1. The molecule has 16 heavy (non-hydrogen) atoms. The first-order chi connectivity index (χ1) is 7.03. The molecule has 0 fully saturated rings. The van der Waals surface area contributed by atoms with Crippen LogP contribution in [0.15, 0.2) is 0 Å². The van der Waals surface area contributed by atoms with Crippen LogP contribution in [0.4, 0.5) is 13.2 Å². The lowest BCUT2D eigenvalue weighted by atomic mass is 10.1. The summed E-state index contributed by atoms with van der Waals surface area (Å²) in [7, 11) is 1.34. The highest BCUT2D eigenvalue weighted by atomic mass is 19.4. The van der Waals surface area contributed by atoms with Crippen LogP contribution in [-0.2, 0) is 14.3 Å². The van der Waals surface area contributed by atoms with Gasteiger partial charge in [-0.25, -0.2) is 4.79 Å². The molecule has 0 spiro atoms. The summed E-state index contributed by atoms with van der Waals surface area (Å²) in [6.45, 7) is 3.75. The highest BCUT2D eigenvalue weighted by molar-refractivity contribution is 5.75. The monoisotopic (exact) mass is 245 g/mol. The van der Waals surface area contributed by atoms with Crippen LogP contribution < -0.4 is 5.73 Å². The van der Waals surface area contributed by atoms with Crippen molar-refractivity contribution in [3.63, 3.8) is 0 Å². The van der Waals surface area contributed by atoms with Gasteiger partial charge in [0.2, 0.25) is 0 Å². The summed E-state index contributed by atoms with van der Waals surface area (Å²) in [5.74, 6) is -2.95. The van der Waals surface area contributed by atoms with Gasteiger partial charge in [0.05, 0.1) is 7.11 Å². The molecule has 0 bridgehead atoms. The summed E-state index contributed by atoms with van der Waals surface area (Å²) in [5.41, 5.74) is 5.40. The van der Waals surface area contributed by atoms with Gasteiger partial charge in [-0.1, -0.05) is 13.8 Å². The summed E-state index contributed by atoms with van der Waals surface area (Å²) in [5, 5.41) is 7.12. The first kappa shape index (κ1) is 17.1. The van der Waals surface area contributed by atoms with Crippen molar-refractivity contribution in [2.24, 2.45) is 11.7 Å². The van der Waals surface area contributed by atoms with Gasteiger partial charge in [-0.15, -0.1) is 0 Å². The van der Waals surface area contributed by atoms with Gasteiger partial charge >= 0.3 is 18.1 Å². The number of rotatable bonds is 2. The topological polar surface area (TPSA) is 89.6 Å². The highest BCUT2D eigenvalue weighted by Crippen LogP contribution is 2.13. The van der Waals surface area contributed by atoms with E-state index >= 15 is 0 Å². The average molecular weight is 245 g/mol. The molecule has 0 aliphatic heterocycles. The van der Waals surface area contributed by atoms with E-state index in [-0.39, 0.29) is 11.9 Å². The Morgan fingerprint density at radius 3 is 1.69 bits per heavy atom. The van der Waals surface area contributed by atoms with Crippen LogP contribution >= 0.6 is 0 Å². The van der Waals surface area contributed by atoms with Crippen LogP contribution in [0.3, 0.4) is 0 Å². The standard InChI is InChI=1S/C6H13NO2.C2HF3O2/c1-4(2)5(7)6(8)9-3;3-2(4,5)1(6)7/h4-5H,7H2,1-3H3;(H,6,7)/t5-;/m1./s1. The third-order valence-corrected chi connectivity index (χ3v) is 1.43. The highest BCUT2D eigenvalue weighted by Gasteiger charge is 2.38. The smallest absolute Gasteiger partial charge is 0.475 e. The number of halogens is 3. The molecule has 0 aliphatic carbocycles. The van der Waals surface area contributed by atoms with E-state index in [4.69, 9.17) is 15.6 Å². The van der Waals surface area contributed by atoms with Crippen molar-refractivity contribution in [1.29, 1.82) is 0 Å². The molecule has 0 rings (SSSR count). The van der Waals surface area contributed by atoms with E-state index in [0.29, 0.717) is 0 Å².